The molecule has 0 aromatic heterocycles. The van der Waals surface area contributed by atoms with Crippen LogP contribution >= 0.6 is 0 Å². The molecule has 82 valence electrons. The average molecular weight is 225 g/mol. The lowest BCUT2D eigenvalue weighted by molar-refractivity contribution is 0.540. The van der Waals surface area contributed by atoms with Crippen molar-refractivity contribution in [3.05, 3.63) is 35.4 Å². The normalized spacial score (nSPS) is 25.2. The maximum Gasteiger partial charge on any atom is 0.152 e. The van der Waals surface area contributed by atoms with E-state index in [1.165, 1.54) is 6.26 Å². The van der Waals surface area contributed by atoms with E-state index in [0.717, 1.165) is 11.1 Å². The summed E-state index contributed by atoms with van der Waals surface area (Å²) < 4.78 is 23.3. The Bertz CT molecular complexity index is 467. The van der Waals surface area contributed by atoms with Crippen LogP contribution < -0.4 is 5.32 Å². The quantitative estimate of drug-likeness (QED) is 0.814. The first-order valence-electron chi connectivity index (χ1n) is 4.98. The van der Waals surface area contributed by atoms with Crippen LogP contribution in [0, 0.1) is 0 Å². The number of fused-ring (bicyclic) bond motifs is 1. The van der Waals surface area contributed by atoms with Crippen LogP contribution in [0.25, 0.3) is 0 Å². The molecule has 0 saturated carbocycles. The first kappa shape index (κ1) is 10.6. The molecule has 1 aromatic carbocycles. The van der Waals surface area contributed by atoms with Crippen molar-refractivity contribution in [3.63, 3.8) is 0 Å². The van der Waals surface area contributed by atoms with Gasteiger partial charge < -0.3 is 5.32 Å². The second kappa shape index (κ2) is 3.61. The number of sulfone groups is 1. The summed E-state index contributed by atoms with van der Waals surface area (Å²) in [7, 11) is -1.18. The highest BCUT2D eigenvalue weighted by atomic mass is 32.2. The average Bonchev–Trinajstić information content (AvgIpc) is 2.55. The van der Waals surface area contributed by atoms with Gasteiger partial charge in [-0.05, 0) is 24.6 Å². The first-order valence-corrected chi connectivity index (χ1v) is 6.93. The molecule has 0 radical (unpaired) electrons. The van der Waals surface area contributed by atoms with E-state index in [1.807, 2.05) is 31.3 Å². The summed E-state index contributed by atoms with van der Waals surface area (Å²) in [5, 5.41) is 2.78. The molecule has 0 aliphatic heterocycles. The second-order valence-electron chi connectivity index (χ2n) is 4.04. The molecule has 0 heterocycles. The van der Waals surface area contributed by atoms with E-state index >= 15 is 0 Å². The van der Waals surface area contributed by atoms with E-state index in [1.54, 1.807) is 0 Å². The third-order valence-corrected chi connectivity index (χ3v) is 4.58. The Morgan fingerprint density at radius 1 is 1.33 bits per heavy atom. The van der Waals surface area contributed by atoms with Crippen LogP contribution in [-0.4, -0.2) is 27.0 Å². The number of rotatable bonds is 2. The molecule has 15 heavy (non-hydrogen) atoms. The molecule has 0 fully saturated rings. The van der Waals surface area contributed by atoms with E-state index in [4.69, 9.17) is 0 Å². The number of hydrogen-bond acceptors (Lipinski definition) is 3. The molecular formula is C11H15NO2S. The summed E-state index contributed by atoms with van der Waals surface area (Å²) in [6.07, 6.45) is 1.94. The van der Waals surface area contributed by atoms with Crippen LogP contribution in [0.5, 0.6) is 0 Å². The van der Waals surface area contributed by atoms with Crippen molar-refractivity contribution < 1.29 is 8.42 Å². The molecule has 4 heteroatoms. The highest BCUT2D eigenvalue weighted by molar-refractivity contribution is 7.91. The Morgan fingerprint density at radius 3 is 2.60 bits per heavy atom. The van der Waals surface area contributed by atoms with Crippen LogP contribution in [0.1, 0.15) is 17.2 Å². The smallest absolute Gasteiger partial charge is 0.152 e. The molecular weight excluding hydrogens is 210 g/mol. The van der Waals surface area contributed by atoms with Crippen molar-refractivity contribution >= 4 is 9.84 Å². The lowest BCUT2D eigenvalue weighted by Crippen LogP contribution is -2.32. The van der Waals surface area contributed by atoms with E-state index < -0.39 is 9.84 Å². The molecule has 2 rings (SSSR count). The molecule has 0 bridgehead atoms. The zero-order valence-electron chi connectivity index (χ0n) is 8.90. The van der Waals surface area contributed by atoms with Gasteiger partial charge in [0.05, 0.1) is 5.25 Å². The van der Waals surface area contributed by atoms with Crippen LogP contribution in [-0.2, 0) is 16.3 Å². The fraction of sp³-hybridized carbons (Fsp3) is 0.455. The zero-order chi connectivity index (χ0) is 11.1. The SMILES string of the molecule is CNC1c2ccccc2CC1S(C)(=O)=O. The van der Waals surface area contributed by atoms with Gasteiger partial charge >= 0.3 is 0 Å². The molecule has 1 aliphatic rings. The minimum absolute atomic E-state index is 0.0591. The number of benzene rings is 1. The molecule has 0 amide bonds. The maximum absolute atomic E-state index is 11.6. The number of nitrogens with one attached hydrogen (secondary N) is 1. The summed E-state index contributed by atoms with van der Waals surface area (Å²) in [4.78, 5) is 0. The van der Waals surface area contributed by atoms with Gasteiger partial charge in [-0.15, -0.1) is 0 Å². The Kier molecular flexibility index (Phi) is 2.56. The van der Waals surface area contributed by atoms with E-state index in [0.29, 0.717) is 6.42 Å². The van der Waals surface area contributed by atoms with Crippen LogP contribution in [0.4, 0.5) is 0 Å². The standard InChI is InChI=1S/C11H15NO2S/c1-12-11-9-6-4-3-5-8(9)7-10(11)15(2,13)14/h3-6,10-12H,7H2,1-2H3. The molecule has 2 atom stereocenters. The van der Waals surface area contributed by atoms with E-state index in [-0.39, 0.29) is 11.3 Å². The summed E-state index contributed by atoms with van der Waals surface area (Å²) in [5.41, 5.74) is 2.27. The Balaban J connectivity index is 2.46. The van der Waals surface area contributed by atoms with E-state index in [9.17, 15) is 8.42 Å². The van der Waals surface area contributed by atoms with Gasteiger partial charge in [-0.3, -0.25) is 0 Å². The predicted octanol–water partition coefficient (Wildman–Crippen LogP) is 0.916. The molecule has 2 unspecified atom stereocenters. The highest BCUT2D eigenvalue weighted by Gasteiger charge is 2.37. The minimum atomic E-state index is -2.99. The predicted molar refractivity (Wildman–Crippen MR) is 60.6 cm³/mol. The van der Waals surface area contributed by atoms with Gasteiger partial charge in [0.15, 0.2) is 9.84 Å². The molecule has 1 aromatic rings. The maximum atomic E-state index is 11.6. The zero-order valence-corrected chi connectivity index (χ0v) is 9.71. The molecule has 0 spiro atoms. The fourth-order valence-electron chi connectivity index (χ4n) is 2.30. The lowest BCUT2D eigenvalue weighted by Gasteiger charge is -2.17. The van der Waals surface area contributed by atoms with Gasteiger partial charge in [-0.2, -0.15) is 0 Å². The molecule has 3 nitrogen and oxygen atoms in total. The first-order chi connectivity index (χ1) is 7.04. The van der Waals surface area contributed by atoms with Crippen molar-refractivity contribution in [3.8, 4) is 0 Å². The minimum Gasteiger partial charge on any atom is -0.312 e. The van der Waals surface area contributed by atoms with Crippen molar-refractivity contribution in [1.82, 2.24) is 5.32 Å². The summed E-state index contributed by atoms with van der Waals surface area (Å²) in [6, 6.07) is 7.85. The largest absolute Gasteiger partial charge is 0.312 e. The molecule has 1 N–H and O–H groups in total. The highest BCUT2D eigenvalue weighted by Crippen LogP contribution is 2.34. The van der Waals surface area contributed by atoms with E-state index in [2.05, 4.69) is 5.32 Å². The van der Waals surface area contributed by atoms with Gasteiger partial charge in [0.25, 0.3) is 0 Å². The van der Waals surface area contributed by atoms with Crippen LogP contribution in [0.2, 0.25) is 0 Å². The number of hydrogen-bond donors (Lipinski definition) is 1. The second-order valence-corrected chi connectivity index (χ2v) is 6.30. The van der Waals surface area contributed by atoms with Gasteiger partial charge in [-0.25, -0.2) is 8.42 Å². The monoisotopic (exact) mass is 225 g/mol. The summed E-state index contributed by atoms with van der Waals surface area (Å²) >= 11 is 0. The van der Waals surface area contributed by atoms with Gasteiger partial charge in [0.2, 0.25) is 0 Å². The van der Waals surface area contributed by atoms with Crippen LogP contribution in [0.15, 0.2) is 24.3 Å². The summed E-state index contributed by atoms with van der Waals surface area (Å²) in [6.45, 7) is 0. The van der Waals surface area contributed by atoms with Gasteiger partial charge in [0, 0.05) is 12.3 Å². The van der Waals surface area contributed by atoms with Crippen molar-refractivity contribution in [2.45, 2.75) is 17.7 Å². The Morgan fingerprint density at radius 2 is 2.00 bits per heavy atom. The Hall–Kier alpha value is -0.870. The van der Waals surface area contributed by atoms with Gasteiger partial charge in [0.1, 0.15) is 0 Å². The van der Waals surface area contributed by atoms with Crippen molar-refractivity contribution in [2.75, 3.05) is 13.3 Å². The molecule has 1 aliphatic carbocycles. The van der Waals surface area contributed by atoms with Crippen LogP contribution in [0.3, 0.4) is 0 Å². The third kappa shape index (κ3) is 1.79. The summed E-state index contributed by atoms with van der Waals surface area (Å²) in [5.74, 6) is 0. The lowest BCUT2D eigenvalue weighted by atomic mass is 10.1. The third-order valence-electron chi connectivity index (χ3n) is 3.04. The van der Waals surface area contributed by atoms with Gasteiger partial charge in [-0.1, -0.05) is 24.3 Å². The fourth-order valence-corrected chi connectivity index (χ4v) is 3.56. The topological polar surface area (TPSA) is 46.2 Å². The van der Waals surface area contributed by atoms with Crippen molar-refractivity contribution in [1.29, 1.82) is 0 Å². The molecule has 0 saturated heterocycles. The Labute approximate surface area is 90.4 Å². The van der Waals surface area contributed by atoms with Crippen molar-refractivity contribution in [2.24, 2.45) is 0 Å².